The van der Waals surface area contributed by atoms with Crippen molar-refractivity contribution in [3.63, 3.8) is 0 Å². The molecule has 25 heavy (non-hydrogen) atoms. The molecular formula is C20H31N3O2. The predicted molar refractivity (Wildman–Crippen MR) is 99.2 cm³/mol. The van der Waals surface area contributed by atoms with Gasteiger partial charge in [-0.2, -0.15) is 0 Å². The molecule has 2 fully saturated rings. The van der Waals surface area contributed by atoms with Gasteiger partial charge in [0, 0.05) is 32.2 Å². The van der Waals surface area contributed by atoms with E-state index in [1.165, 1.54) is 30.4 Å². The fourth-order valence-electron chi connectivity index (χ4n) is 3.86. The SMILES string of the molecule is O=C(NCc1ccccc1CN1CCC(O)CC1)NC1CCCCC1. The van der Waals surface area contributed by atoms with Gasteiger partial charge in [-0.3, -0.25) is 4.90 Å². The highest BCUT2D eigenvalue weighted by molar-refractivity contribution is 5.74. The van der Waals surface area contributed by atoms with E-state index in [4.69, 9.17) is 0 Å². The lowest BCUT2D eigenvalue weighted by atomic mass is 9.96. The van der Waals surface area contributed by atoms with Crippen molar-refractivity contribution in [2.75, 3.05) is 13.1 Å². The predicted octanol–water partition coefficient (Wildman–Crippen LogP) is 2.78. The molecule has 1 saturated heterocycles. The standard InChI is InChI=1S/C20H31N3O2/c24-19-10-12-23(13-11-19)15-17-7-5-4-6-16(17)14-21-20(25)22-18-8-2-1-3-9-18/h4-7,18-19,24H,1-3,8-15H2,(H2,21,22,25). The van der Waals surface area contributed by atoms with Gasteiger partial charge in [0.1, 0.15) is 0 Å². The summed E-state index contributed by atoms with van der Waals surface area (Å²) in [6.45, 7) is 3.32. The molecule has 0 radical (unpaired) electrons. The average Bonchev–Trinajstić information content (AvgIpc) is 2.64. The number of urea groups is 1. The molecule has 3 N–H and O–H groups in total. The highest BCUT2D eigenvalue weighted by atomic mass is 16.3. The lowest BCUT2D eigenvalue weighted by Gasteiger charge is -2.30. The minimum atomic E-state index is -0.142. The van der Waals surface area contributed by atoms with Crippen LogP contribution in [0.25, 0.3) is 0 Å². The average molecular weight is 345 g/mol. The quantitative estimate of drug-likeness (QED) is 0.769. The second-order valence-electron chi connectivity index (χ2n) is 7.44. The number of nitrogens with zero attached hydrogens (tertiary/aromatic N) is 1. The number of hydrogen-bond acceptors (Lipinski definition) is 3. The Kier molecular flexibility index (Phi) is 6.70. The zero-order valence-corrected chi connectivity index (χ0v) is 15.0. The molecule has 0 aromatic heterocycles. The first-order valence-corrected chi connectivity index (χ1v) is 9.72. The lowest BCUT2D eigenvalue weighted by Crippen LogP contribution is -2.42. The van der Waals surface area contributed by atoms with Crippen LogP contribution in [0.3, 0.4) is 0 Å². The molecule has 2 aliphatic rings. The van der Waals surface area contributed by atoms with Crippen molar-refractivity contribution in [1.82, 2.24) is 15.5 Å². The molecule has 5 nitrogen and oxygen atoms in total. The third kappa shape index (κ3) is 5.72. The molecule has 2 amide bonds. The van der Waals surface area contributed by atoms with Crippen LogP contribution in [0.15, 0.2) is 24.3 Å². The molecule has 0 unspecified atom stereocenters. The Labute approximate surface area is 150 Å². The van der Waals surface area contributed by atoms with Crippen molar-refractivity contribution in [3.05, 3.63) is 35.4 Å². The molecule has 1 aromatic rings. The highest BCUT2D eigenvalue weighted by Crippen LogP contribution is 2.18. The number of likely N-dealkylation sites (tertiary alicyclic amines) is 1. The maximum atomic E-state index is 12.2. The van der Waals surface area contributed by atoms with Gasteiger partial charge >= 0.3 is 6.03 Å². The Morgan fingerprint density at radius 1 is 1.04 bits per heavy atom. The van der Waals surface area contributed by atoms with Crippen LogP contribution in [0, 0.1) is 0 Å². The van der Waals surface area contributed by atoms with Crippen molar-refractivity contribution < 1.29 is 9.90 Å². The fourth-order valence-corrected chi connectivity index (χ4v) is 3.86. The Balaban J connectivity index is 1.49. The monoisotopic (exact) mass is 345 g/mol. The molecule has 138 valence electrons. The zero-order valence-electron chi connectivity index (χ0n) is 15.0. The summed E-state index contributed by atoms with van der Waals surface area (Å²) in [7, 11) is 0. The number of hydrogen-bond donors (Lipinski definition) is 3. The van der Waals surface area contributed by atoms with E-state index >= 15 is 0 Å². The number of aliphatic hydroxyl groups excluding tert-OH is 1. The number of amides is 2. The molecule has 1 saturated carbocycles. The van der Waals surface area contributed by atoms with Crippen LogP contribution < -0.4 is 10.6 Å². The summed E-state index contributed by atoms with van der Waals surface area (Å²) in [6, 6.07) is 8.60. The van der Waals surface area contributed by atoms with Gasteiger partial charge in [-0.05, 0) is 36.8 Å². The third-order valence-corrected chi connectivity index (χ3v) is 5.45. The van der Waals surface area contributed by atoms with E-state index in [-0.39, 0.29) is 12.1 Å². The van der Waals surface area contributed by atoms with E-state index in [2.05, 4.69) is 33.7 Å². The van der Waals surface area contributed by atoms with E-state index in [1.807, 2.05) is 6.07 Å². The van der Waals surface area contributed by atoms with Crippen LogP contribution >= 0.6 is 0 Å². The smallest absolute Gasteiger partial charge is 0.315 e. The summed E-state index contributed by atoms with van der Waals surface area (Å²) in [5.74, 6) is 0. The Morgan fingerprint density at radius 2 is 1.72 bits per heavy atom. The number of carbonyl (C=O) groups excluding carboxylic acids is 1. The van der Waals surface area contributed by atoms with Gasteiger partial charge in [-0.15, -0.1) is 0 Å². The van der Waals surface area contributed by atoms with Crippen LogP contribution in [0.1, 0.15) is 56.1 Å². The summed E-state index contributed by atoms with van der Waals surface area (Å²) < 4.78 is 0. The van der Waals surface area contributed by atoms with Gasteiger partial charge in [0.25, 0.3) is 0 Å². The lowest BCUT2D eigenvalue weighted by molar-refractivity contribution is 0.0791. The molecule has 0 bridgehead atoms. The zero-order chi connectivity index (χ0) is 17.5. The maximum Gasteiger partial charge on any atom is 0.315 e. The second kappa shape index (κ2) is 9.20. The highest BCUT2D eigenvalue weighted by Gasteiger charge is 2.18. The number of carbonyl (C=O) groups is 1. The molecule has 0 atom stereocenters. The molecule has 1 aromatic carbocycles. The summed E-state index contributed by atoms with van der Waals surface area (Å²) in [6.07, 6.45) is 7.50. The number of rotatable bonds is 5. The van der Waals surface area contributed by atoms with Crippen molar-refractivity contribution in [3.8, 4) is 0 Å². The van der Waals surface area contributed by atoms with E-state index in [0.717, 1.165) is 45.3 Å². The number of aliphatic hydroxyl groups is 1. The molecule has 1 aliphatic carbocycles. The Bertz CT molecular complexity index is 550. The van der Waals surface area contributed by atoms with Crippen LogP contribution in [-0.4, -0.2) is 41.3 Å². The van der Waals surface area contributed by atoms with Crippen LogP contribution in [0.2, 0.25) is 0 Å². The summed E-state index contributed by atoms with van der Waals surface area (Å²) >= 11 is 0. The van der Waals surface area contributed by atoms with E-state index < -0.39 is 0 Å². The topological polar surface area (TPSA) is 64.6 Å². The van der Waals surface area contributed by atoms with Crippen molar-refractivity contribution in [2.24, 2.45) is 0 Å². The van der Waals surface area contributed by atoms with E-state index in [9.17, 15) is 9.90 Å². The molecule has 5 heteroatoms. The van der Waals surface area contributed by atoms with Crippen molar-refractivity contribution in [1.29, 1.82) is 0 Å². The molecule has 0 spiro atoms. The number of benzene rings is 1. The fraction of sp³-hybridized carbons (Fsp3) is 0.650. The minimum absolute atomic E-state index is 0.0530. The van der Waals surface area contributed by atoms with E-state index in [1.54, 1.807) is 0 Å². The largest absolute Gasteiger partial charge is 0.393 e. The van der Waals surface area contributed by atoms with Crippen LogP contribution in [0.4, 0.5) is 4.79 Å². The van der Waals surface area contributed by atoms with Crippen molar-refractivity contribution >= 4 is 6.03 Å². The first-order valence-electron chi connectivity index (χ1n) is 9.72. The second-order valence-corrected chi connectivity index (χ2v) is 7.44. The molecule has 1 heterocycles. The summed E-state index contributed by atoms with van der Waals surface area (Å²) in [4.78, 5) is 14.5. The van der Waals surface area contributed by atoms with Gasteiger partial charge < -0.3 is 15.7 Å². The summed E-state index contributed by atoms with van der Waals surface area (Å²) in [5.41, 5.74) is 2.43. The van der Waals surface area contributed by atoms with Gasteiger partial charge in [-0.25, -0.2) is 4.79 Å². The molecule has 1 aliphatic heterocycles. The first-order chi connectivity index (χ1) is 12.2. The Morgan fingerprint density at radius 3 is 2.44 bits per heavy atom. The van der Waals surface area contributed by atoms with E-state index in [0.29, 0.717) is 12.6 Å². The first kappa shape index (κ1) is 18.2. The van der Waals surface area contributed by atoms with Gasteiger partial charge in [0.15, 0.2) is 0 Å². The molecular weight excluding hydrogens is 314 g/mol. The minimum Gasteiger partial charge on any atom is -0.393 e. The normalized spacial score (nSPS) is 20.4. The summed E-state index contributed by atoms with van der Waals surface area (Å²) in [5, 5.41) is 15.8. The van der Waals surface area contributed by atoms with Gasteiger partial charge in [0.2, 0.25) is 0 Å². The Hall–Kier alpha value is -1.59. The van der Waals surface area contributed by atoms with Crippen LogP contribution in [0.5, 0.6) is 0 Å². The molecule has 3 rings (SSSR count). The maximum absolute atomic E-state index is 12.2. The number of piperidine rings is 1. The van der Waals surface area contributed by atoms with Crippen molar-refractivity contribution in [2.45, 2.75) is 70.2 Å². The van der Waals surface area contributed by atoms with Gasteiger partial charge in [0.05, 0.1) is 6.10 Å². The third-order valence-electron chi connectivity index (χ3n) is 5.45. The number of nitrogens with one attached hydrogen (secondary N) is 2. The van der Waals surface area contributed by atoms with Gasteiger partial charge in [-0.1, -0.05) is 43.5 Å². The van der Waals surface area contributed by atoms with Crippen LogP contribution in [-0.2, 0) is 13.1 Å².